The fourth-order valence-electron chi connectivity index (χ4n) is 3.27. The smallest absolute Gasteiger partial charge is 0.243 e. The summed E-state index contributed by atoms with van der Waals surface area (Å²) in [6.07, 6.45) is 1.52. The molecule has 1 aromatic heterocycles. The molecule has 28 heavy (non-hydrogen) atoms. The number of benzene rings is 2. The van der Waals surface area contributed by atoms with Crippen molar-refractivity contribution in [2.24, 2.45) is 0 Å². The monoisotopic (exact) mass is 481 g/mol. The fraction of sp³-hybridized carbons (Fsp3) is 0.263. The van der Waals surface area contributed by atoms with Gasteiger partial charge in [-0.25, -0.2) is 8.42 Å². The summed E-state index contributed by atoms with van der Waals surface area (Å²) in [5.41, 5.74) is 0.832. The van der Waals surface area contributed by atoms with Gasteiger partial charge in [0.1, 0.15) is 0 Å². The zero-order valence-electron chi connectivity index (χ0n) is 14.8. The van der Waals surface area contributed by atoms with Crippen LogP contribution in [0.4, 0.5) is 0 Å². The van der Waals surface area contributed by atoms with Gasteiger partial charge in [0, 0.05) is 28.1 Å². The predicted molar refractivity (Wildman–Crippen MR) is 110 cm³/mol. The molecule has 0 unspecified atom stereocenters. The molecule has 6 nitrogen and oxygen atoms in total. The molecule has 0 N–H and O–H groups in total. The van der Waals surface area contributed by atoms with Crippen LogP contribution in [-0.4, -0.2) is 36.0 Å². The van der Waals surface area contributed by atoms with Gasteiger partial charge in [-0.15, -0.1) is 0 Å². The first-order valence-corrected chi connectivity index (χ1v) is 11.4. The SMILES string of the molecule is O=S(=O)(c1ccc(Cl)cc1)N1CCC[C@@H](c2nc(-c3ccccc3Br)no2)C1. The van der Waals surface area contributed by atoms with Crippen LogP contribution in [0.2, 0.25) is 5.02 Å². The second kappa shape index (κ2) is 7.94. The molecule has 2 aromatic carbocycles. The molecule has 3 aromatic rings. The molecular weight excluding hydrogens is 466 g/mol. The molecule has 146 valence electrons. The standard InChI is InChI=1S/C19H17BrClN3O3S/c20-17-6-2-1-5-16(17)18-22-19(27-23-18)13-4-3-11-24(12-13)28(25,26)15-9-7-14(21)8-10-15/h1-2,5-10,13H,3-4,11-12H2/t13-/m1/s1. The van der Waals surface area contributed by atoms with E-state index in [1.807, 2.05) is 24.3 Å². The Balaban J connectivity index is 1.56. The highest BCUT2D eigenvalue weighted by atomic mass is 79.9. The maximum Gasteiger partial charge on any atom is 0.243 e. The molecule has 1 fully saturated rings. The minimum absolute atomic E-state index is 0.139. The van der Waals surface area contributed by atoms with Crippen LogP contribution in [0.25, 0.3) is 11.4 Å². The average Bonchev–Trinajstić information content (AvgIpc) is 3.19. The zero-order chi connectivity index (χ0) is 19.7. The summed E-state index contributed by atoms with van der Waals surface area (Å²) in [7, 11) is -3.59. The van der Waals surface area contributed by atoms with Crippen LogP contribution in [0.5, 0.6) is 0 Å². The second-order valence-corrected chi connectivity index (χ2v) is 9.82. The van der Waals surface area contributed by atoms with Crippen LogP contribution >= 0.6 is 27.5 Å². The minimum Gasteiger partial charge on any atom is -0.339 e. The van der Waals surface area contributed by atoms with Gasteiger partial charge in [-0.3, -0.25) is 0 Å². The summed E-state index contributed by atoms with van der Waals surface area (Å²) in [5.74, 6) is 0.807. The van der Waals surface area contributed by atoms with E-state index >= 15 is 0 Å². The summed E-state index contributed by atoms with van der Waals surface area (Å²) in [6.45, 7) is 0.773. The molecule has 0 spiro atoms. The summed E-state index contributed by atoms with van der Waals surface area (Å²) >= 11 is 9.36. The first-order valence-electron chi connectivity index (χ1n) is 8.79. The number of nitrogens with zero attached hydrogens (tertiary/aromatic N) is 3. The molecule has 0 amide bonds. The van der Waals surface area contributed by atoms with Crippen LogP contribution in [0.3, 0.4) is 0 Å². The summed E-state index contributed by atoms with van der Waals surface area (Å²) in [6, 6.07) is 13.8. The van der Waals surface area contributed by atoms with E-state index in [2.05, 4.69) is 26.1 Å². The molecular formula is C19H17BrClN3O3S. The largest absolute Gasteiger partial charge is 0.339 e. The normalized spacial score (nSPS) is 18.3. The van der Waals surface area contributed by atoms with Gasteiger partial charge in [0.15, 0.2) is 0 Å². The number of halogens is 2. The van der Waals surface area contributed by atoms with E-state index < -0.39 is 10.0 Å². The molecule has 0 aliphatic carbocycles. The van der Waals surface area contributed by atoms with Gasteiger partial charge in [0.25, 0.3) is 0 Å². The molecule has 1 saturated heterocycles. The lowest BCUT2D eigenvalue weighted by molar-refractivity contribution is 0.265. The van der Waals surface area contributed by atoms with Gasteiger partial charge < -0.3 is 4.52 Å². The van der Waals surface area contributed by atoms with Crippen molar-refractivity contribution in [1.29, 1.82) is 0 Å². The molecule has 0 radical (unpaired) electrons. The zero-order valence-corrected chi connectivity index (χ0v) is 17.9. The highest BCUT2D eigenvalue weighted by molar-refractivity contribution is 9.10. The van der Waals surface area contributed by atoms with E-state index in [1.165, 1.54) is 16.4 Å². The minimum atomic E-state index is -3.59. The Labute approximate surface area is 176 Å². The van der Waals surface area contributed by atoms with Crippen LogP contribution in [0, 0.1) is 0 Å². The van der Waals surface area contributed by atoms with Crippen molar-refractivity contribution in [3.05, 3.63) is 63.9 Å². The second-order valence-electron chi connectivity index (χ2n) is 6.59. The third-order valence-corrected chi connectivity index (χ3v) is 7.56. The van der Waals surface area contributed by atoms with Gasteiger partial charge in [-0.1, -0.05) is 44.8 Å². The van der Waals surface area contributed by atoms with Gasteiger partial charge in [-0.2, -0.15) is 9.29 Å². The quantitative estimate of drug-likeness (QED) is 0.538. The molecule has 0 saturated carbocycles. The van der Waals surface area contributed by atoms with Gasteiger partial charge in [0.05, 0.1) is 10.8 Å². The molecule has 1 atom stereocenters. The van der Waals surface area contributed by atoms with Crippen LogP contribution < -0.4 is 0 Å². The Morgan fingerprint density at radius 3 is 2.64 bits per heavy atom. The maximum atomic E-state index is 13.0. The van der Waals surface area contributed by atoms with E-state index in [4.69, 9.17) is 16.1 Å². The number of hydrogen-bond donors (Lipinski definition) is 0. The lowest BCUT2D eigenvalue weighted by Gasteiger charge is -2.30. The van der Waals surface area contributed by atoms with Crippen LogP contribution in [-0.2, 0) is 10.0 Å². The van der Waals surface area contributed by atoms with Crippen molar-refractivity contribution in [1.82, 2.24) is 14.4 Å². The molecule has 2 heterocycles. The predicted octanol–water partition coefficient (Wildman–Crippen LogP) is 4.72. The van der Waals surface area contributed by atoms with Crippen molar-refractivity contribution in [3.8, 4) is 11.4 Å². The molecule has 1 aliphatic heterocycles. The van der Waals surface area contributed by atoms with E-state index in [0.717, 1.165) is 22.9 Å². The lowest BCUT2D eigenvalue weighted by Crippen LogP contribution is -2.39. The molecule has 0 bridgehead atoms. The lowest BCUT2D eigenvalue weighted by atomic mass is 10.00. The third kappa shape index (κ3) is 3.87. The highest BCUT2D eigenvalue weighted by Crippen LogP contribution is 2.32. The van der Waals surface area contributed by atoms with Gasteiger partial charge in [0.2, 0.25) is 21.7 Å². The first-order chi connectivity index (χ1) is 13.4. The Morgan fingerprint density at radius 1 is 1.14 bits per heavy atom. The number of sulfonamides is 1. The van der Waals surface area contributed by atoms with Crippen molar-refractivity contribution >= 4 is 37.6 Å². The van der Waals surface area contributed by atoms with Crippen LogP contribution in [0.15, 0.2) is 62.4 Å². The highest BCUT2D eigenvalue weighted by Gasteiger charge is 2.33. The molecule has 1 aliphatic rings. The molecule has 9 heteroatoms. The first kappa shape index (κ1) is 19.6. The van der Waals surface area contributed by atoms with E-state index in [1.54, 1.807) is 12.1 Å². The topological polar surface area (TPSA) is 76.3 Å². The third-order valence-electron chi connectivity index (χ3n) is 4.74. The fourth-order valence-corrected chi connectivity index (χ4v) is 5.38. The summed E-state index contributed by atoms with van der Waals surface area (Å²) in [4.78, 5) is 4.75. The summed E-state index contributed by atoms with van der Waals surface area (Å²) < 4.78 is 33.7. The number of aromatic nitrogens is 2. The summed E-state index contributed by atoms with van der Waals surface area (Å²) in [5, 5.41) is 4.58. The van der Waals surface area contributed by atoms with E-state index in [0.29, 0.717) is 29.8 Å². The van der Waals surface area contributed by atoms with Gasteiger partial charge in [-0.05, 0) is 49.2 Å². The van der Waals surface area contributed by atoms with E-state index in [9.17, 15) is 8.42 Å². The van der Waals surface area contributed by atoms with Crippen LogP contribution in [0.1, 0.15) is 24.7 Å². The van der Waals surface area contributed by atoms with Gasteiger partial charge >= 0.3 is 0 Å². The van der Waals surface area contributed by atoms with Crippen molar-refractivity contribution in [2.45, 2.75) is 23.7 Å². The number of piperidine rings is 1. The number of hydrogen-bond acceptors (Lipinski definition) is 5. The Bertz CT molecular complexity index is 1090. The van der Waals surface area contributed by atoms with Crippen molar-refractivity contribution in [2.75, 3.05) is 13.1 Å². The Morgan fingerprint density at radius 2 is 1.89 bits per heavy atom. The maximum absolute atomic E-state index is 13.0. The van der Waals surface area contributed by atoms with Crippen molar-refractivity contribution in [3.63, 3.8) is 0 Å². The Kier molecular flexibility index (Phi) is 5.55. The average molecular weight is 483 g/mol. The Hall–Kier alpha value is -1.74. The molecule has 4 rings (SSSR count). The van der Waals surface area contributed by atoms with Crippen molar-refractivity contribution < 1.29 is 12.9 Å². The number of rotatable bonds is 4. The van der Waals surface area contributed by atoms with E-state index in [-0.39, 0.29) is 10.8 Å².